The maximum Gasteiger partial charge on any atom is 0.481 e. The summed E-state index contributed by atoms with van der Waals surface area (Å²) in [4.78, 5) is 26.0. The predicted molar refractivity (Wildman–Crippen MR) is 94.6 cm³/mol. The van der Waals surface area contributed by atoms with Gasteiger partial charge >= 0.3 is 15.6 Å². The quantitative estimate of drug-likeness (QED) is 0.306. The number of hydrogen-bond donors (Lipinski definition) is 3. The first kappa shape index (κ1) is 25.3. The molecule has 0 heterocycles. The van der Waals surface area contributed by atoms with Crippen LogP contribution in [0.15, 0.2) is 34.9 Å². The second-order valence-corrected chi connectivity index (χ2v) is 8.59. The molecule has 1 atom stereocenters. The number of hydrogen-bond acceptors (Lipinski definition) is 4. The number of allylic oxidation sites excluding steroid dienone is 5. The molecule has 0 saturated carbocycles. The third kappa shape index (κ3) is 14.5. The van der Waals surface area contributed by atoms with Gasteiger partial charge in [-0.1, -0.05) is 29.4 Å². The summed E-state index contributed by atoms with van der Waals surface area (Å²) in [7, 11) is -9.93. The van der Waals surface area contributed by atoms with Gasteiger partial charge in [0.1, 0.15) is 0 Å². The summed E-state index contributed by atoms with van der Waals surface area (Å²) in [6.07, 6.45) is 5.16. The molecule has 0 radical (unpaired) electrons. The Kier molecular flexibility index (Phi) is 11.6. The van der Waals surface area contributed by atoms with Crippen LogP contribution in [0.5, 0.6) is 0 Å². The highest BCUT2D eigenvalue weighted by Crippen LogP contribution is 2.57. The molecule has 0 amide bonds. The van der Waals surface area contributed by atoms with Crippen molar-refractivity contribution in [3.63, 3.8) is 0 Å². The molecule has 7 nitrogen and oxygen atoms in total. The largest absolute Gasteiger partial charge is 0.481 e. The highest BCUT2D eigenvalue weighted by atomic mass is 31.3. The van der Waals surface area contributed by atoms with Crippen LogP contribution in [0.1, 0.15) is 46.5 Å². The fourth-order valence-corrected chi connectivity index (χ4v) is 3.33. The van der Waals surface area contributed by atoms with E-state index in [-0.39, 0.29) is 12.2 Å². The summed E-state index contributed by atoms with van der Waals surface area (Å²) in [5, 5.41) is 0. The average Bonchev–Trinajstić information content (AvgIpc) is 2.44. The average molecular weight is 418 g/mol. The molecule has 0 rings (SSSR count). The molecular weight excluding hydrogens is 392 g/mol. The molecule has 0 aliphatic rings. The van der Waals surface area contributed by atoms with Crippen LogP contribution in [-0.2, 0) is 18.0 Å². The number of alkyl halides is 2. The molecule has 1 unspecified atom stereocenters. The van der Waals surface area contributed by atoms with Gasteiger partial charge in [-0.15, -0.1) is 0 Å². The molecular formula is C15H26F2O7P2. The van der Waals surface area contributed by atoms with Crippen molar-refractivity contribution in [1.29, 1.82) is 0 Å². The summed E-state index contributed by atoms with van der Waals surface area (Å²) in [6.45, 7) is 4.75. The first-order valence-corrected chi connectivity index (χ1v) is 10.9. The van der Waals surface area contributed by atoms with Crippen molar-refractivity contribution in [3.05, 3.63) is 34.9 Å². The summed E-state index contributed by atoms with van der Waals surface area (Å²) < 4.78 is 54.5. The van der Waals surface area contributed by atoms with E-state index in [2.05, 4.69) is 8.83 Å². The van der Waals surface area contributed by atoms with Crippen molar-refractivity contribution in [2.45, 2.75) is 52.9 Å². The van der Waals surface area contributed by atoms with Crippen LogP contribution < -0.4 is 0 Å². The summed E-state index contributed by atoms with van der Waals surface area (Å²) in [5.74, 6) is 0. The minimum Gasteiger partial charge on any atom is -0.302 e. The molecule has 0 bridgehead atoms. The highest BCUT2D eigenvalue weighted by Gasteiger charge is 2.31. The SMILES string of the molecule is CC(=CCCC(C)=CCOP(=O)(O)OP(=O)(O)O)CCC=C(C)C(F)F. The molecule has 0 aromatic rings. The Balaban J connectivity index is 4.22. The second kappa shape index (κ2) is 11.9. The van der Waals surface area contributed by atoms with Crippen LogP contribution in [0.25, 0.3) is 0 Å². The van der Waals surface area contributed by atoms with Crippen LogP contribution in [0.4, 0.5) is 8.78 Å². The zero-order valence-corrected chi connectivity index (χ0v) is 16.8. The Labute approximate surface area is 152 Å². The topological polar surface area (TPSA) is 113 Å². The van der Waals surface area contributed by atoms with E-state index in [1.165, 1.54) is 19.1 Å². The standard InChI is InChI=1S/C15H26F2O7P2/c1-12(8-5-9-14(3)15(16)17)6-4-7-13(2)10-11-23-26(21,22)24-25(18,19)20/h6,9-10,15H,4-5,7-8,11H2,1-3H3,(H,21,22)(H2,18,19,20). The van der Waals surface area contributed by atoms with Gasteiger partial charge in [-0.05, 0) is 52.0 Å². The van der Waals surface area contributed by atoms with Crippen molar-refractivity contribution in [1.82, 2.24) is 0 Å². The molecule has 0 spiro atoms. The Morgan fingerprint density at radius 3 is 1.96 bits per heavy atom. The number of phosphoric ester groups is 1. The third-order valence-corrected chi connectivity index (χ3v) is 5.41. The van der Waals surface area contributed by atoms with Crippen LogP contribution in [0, 0.1) is 0 Å². The first-order valence-electron chi connectivity index (χ1n) is 7.82. The summed E-state index contributed by atoms with van der Waals surface area (Å²) in [6, 6.07) is 0. The summed E-state index contributed by atoms with van der Waals surface area (Å²) >= 11 is 0. The lowest BCUT2D eigenvalue weighted by Gasteiger charge is -2.11. The molecule has 11 heteroatoms. The molecule has 26 heavy (non-hydrogen) atoms. The number of rotatable bonds is 12. The van der Waals surface area contributed by atoms with Crippen molar-refractivity contribution in [2.75, 3.05) is 6.61 Å². The van der Waals surface area contributed by atoms with Crippen LogP contribution in [-0.4, -0.2) is 27.7 Å². The van der Waals surface area contributed by atoms with Gasteiger partial charge in [-0.25, -0.2) is 17.9 Å². The molecule has 152 valence electrons. The number of phosphoric acid groups is 2. The molecule has 0 saturated heterocycles. The van der Waals surface area contributed by atoms with Crippen molar-refractivity contribution in [2.24, 2.45) is 0 Å². The van der Waals surface area contributed by atoms with Crippen molar-refractivity contribution < 1.29 is 41.4 Å². The molecule has 0 fully saturated rings. The highest BCUT2D eigenvalue weighted by molar-refractivity contribution is 7.60. The van der Waals surface area contributed by atoms with E-state index in [1.54, 1.807) is 6.92 Å². The predicted octanol–water partition coefficient (Wildman–Crippen LogP) is 4.88. The van der Waals surface area contributed by atoms with Gasteiger partial charge in [0.05, 0.1) is 6.61 Å². The maximum atomic E-state index is 12.3. The zero-order chi connectivity index (χ0) is 20.4. The Bertz CT molecular complexity index is 623. The van der Waals surface area contributed by atoms with E-state index in [9.17, 15) is 17.9 Å². The van der Waals surface area contributed by atoms with Crippen LogP contribution in [0.3, 0.4) is 0 Å². The van der Waals surface area contributed by atoms with Gasteiger partial charge < -0.3 is 14.7 Å². The monoisotopic (exact) mass is 418 g/mol. The molecule has 0 aromatic carbocycles. The fourth-order valence-electron chi connectivity index (χ4n) is 1.80. The van der Waals surface area contributed by atoms with Gasteiger partial charge in [0.25, 0.3) is 6.43 Å². The molecule has 3 N–H and O–H groups in total. The Morgan fingerprint density at radius 1 is 0.962 bits per heavy atom. The van der Waals surface area contributed by atoms with Gasteiger partial charge in [0.15, 0.2) is 0 Å². The lowest BCUT2D eigenvalue weighted by Crippen LogP contribution is -1.94. The fraction of sp³-hybridized carbons (Fsp3) is 0.600. The lowest BCUT2D eigenvalue weighted by molar-refractivity contribution is 0.188. The van der Waals surface area contributed by atoms with Crippen molar-refractivity contribution >= 4 is 15.6 Å². The minimum atomic E-state index is -5.11. The normalized spacial score (nSPS) is 16.9. The number of halogens is 2. The Hall–Kier alpha value is -0.660. The van der Waals surface area contributed by atoms with E-state index in [0.29, 0.717) is 25.7 Å². The maximum absolute atomic E-state index is 12.3. The second-order valence-electron chi connectivity index (χ2n) is 5.76. The van der Waals surface area contributed by atoms with Crippen LogP contribution in [0.2, 0.25) is 0 Å². The van der Waals surface area contributed by atoms with Crippen LogP contribution >= 0.6 is 15.6 Å². The minimum absolute atomic E-state index is 0.0699. The van der Waals surface area contributed by atoms with E-state index in [4.69, 9.17) is 14.7 Å². The smallest absolute Gasteiger partial charge is 0.302 e. The first-order chi connectivity index (χ1) is 11.8. The van der Waals surface area contributed by atoms with Crippen molar-refractivity contribution in [3.8, 4) is 0 Å². The molecule has 0 aliphatic carbocycles. The van der Waals surface area contributed by atoms with Gasteiger partial charge in [-0.3, -0.25) is 4.52 Å². The lowest BCUT2D eigenvalue weighted by atomic mass is 10.1. The van der Waals surface area contributed by atoms with Gasteiger partial charge in [0, 0.05) is 0 Å². The van der Waals surface area contributed by atoms with E-state index < -0.39 is 22.1 Å². The third-order valence-electron chi connectivity index (χ3n) is 3.26. The van der Waals surface area contributed by atoms with Gasteiger partial charge in [-0.2, -0.15) is 4.31 Å². The van der Waals surface area contributed by atoms with E-state index in [0.717, 1.165) is 11.1 Å². The van der Waals surface area contributed by atoms with E-state index >= 15 is 0 Å². The molecule has 0 aliphatic heterocycles. The van der Waals surface area contributed by atoms with Gasteiger partial charge in [0.2, 0.25) is 0 Å². The zero-order valence-electron chi connectivity index (χ0n) is 15.0. The molecule has 0 aromatic heterocycles. The Morgan fingerprint density at radius 2 is 1.46 bits per heavy atom. The van der Waals surface area contributed by atoms with E-state index in [1.807, 2.05) is 13.0 Å². The summed E-state index contributed by atoms with van der Waals surface area (Å²) in [5.41, 5.74) is 1.99.